The van der Waals surface area contributed by atoms with Crippen molar-refractivity contribution in [1.29, 1.82) is 0 Å². The lowest BCUT2D eigenvalue weighted by Gasteiger charge is -2.37. The minimum atomic E-state index is -0.630. The molecule has 0 bridgehead atoms. The van der Waals surface area contributed by atoms with Gasteiger partial charge in [0.25, 0.3) is 0 Å². The maximum absolute atomic E-state index is 12.9. The van der Waals surface area contributed by atoms with Gasteiger partial charge < -0.3 is 10.0 Å². The van der Waals surface area contributed by atoms with Crippen LogP contribution in [0.3, 0.4) is 0 Å². The number of pyridine rings is 1. The van der Waals surface area contributed by atoms with Gasteiger partial charge in [0.2, 0.25) is 0 Å². The van der Waals surface area contributed by atoms with Crippen molar-refractivity contribution in [1.82, 2.24) is 9.88 Å². The molecule has 1 saturated heterocycles. The average Bonchev–Trinajstić information content (AvgIpc) is 2.48. The molecule has 0 amide bonds. The third-order valence-electron chi connectivity index (χ3n) is 4.34. The van der Waals surface area contributed by atoms with E-state index >= 15 is 0 Å². The van der Waals surface area contributed by atoms with Gasteiger partial charge in [0, 0.05) is 18.5 Å². The van der Waals surface area contributed by atoms with Gasteiger partial charge >= 0.3 is 0 Å². The maximum Gasteiger partial charge on any atom is 0.141 e. The lowest BCUT2D eigenvalue weighted by Crippen LogP contribution is -2.42. The Hall–Kier alpha value is -1.00. The summed E-state index contributed by atoms with van der Waals surface area (Å²) in [6.07, 6.45) is 5.52. The van der Waals surface area contributed by atoms with Crippen LogP contribution in [0.4, 0.5) is 4.39 Å². The van der Waals surface area contributed by atoms with Crippen LogP contribution in [0.2, 0.25) is 0 Å². The zero-order valence-electron chi connectivity index (χ0n) is 12.4. The average molecular weight is 280 g/mol. The molecular formula is C16H25FN2O. The molecule has 3 unspecified atom stereocenters. The van der Waals surface area contributed by atoms with Crippen LogP contribution in [0, 0.1) is 11.7 Å². The van der Waals surface area contributed by atoms with E-state index in [2.05, 4.69) is 16.8 Å². The molecule has 2 rings (SSSR count). The van der Waals surface area contributed by atoms with Crippen molar-refractivity contribution >= 4 is 0 Å². The standard InChI is InChI=1S/C16H25FN2O/c1-3-14-6-4-5-9-19(14)11-12(2)16(20)15-8-7-13(17)10-18-15/h7-8,10,12,14,16,20H,3-6,9,11H2,1-2H3. The molecule has 1 fully saturated rings. The number of halogens is 1. The molecule has 0 radical (unpaired) electrons. The topological polar surface area (TPSA) is 36.4 Å². The first-order chi connectivity index (χ1) is 9.61. The fourth-order valence-corrected chi connectivity index (χ4v) is 3.09. The number of hydrogen-bond donors (Lipinski definition) is 1. The van der Waals surface area contributed by atoms with Crippen molar-refractivity contribution in [3.63, 3.8) is 0 Å². The summed E-state index contributed by atoms with van der Waals surface area (Å²) in [6, 6.07) is 3.57. The zero-order valence-corrected chi connectivity index (χ0v) is 12.4. The van der Waals surface area contributed by atoms with Crippen LogP contribution in [0.5, 0.6) is 0 Å². The largest absolute Gasteiger partial charge is 0.386 e. The third kappa shape index (κ3) is 3.76. The Bertz CT molecular complexity index is 409. The van der Waals surface area contributed by atoms with Gasteiger partial charge in [-0.2, -0.15) is 0 Å². The fraction of sp³-hybridized carbons (Fsp3) is 0.688. The Morgan fingerprint density at radius 1 is 1.45 bits per heavy atom. The minimum absolute atomic E-state index is 0.0973. The molecule has 20 heavy (non-hydrogen) atoms. The normalized spacial score (nSPS) is 23.5. The van der Waals surface area contributed by atoms with Gasteiger partial charge in [-0.25, -0.2) is 4.39 Å². The van der Waals surface area contributed by atoms with Crippen LogP contribution in [-0.2, 0) is 0 Å². The SMILES string of the molecule is CCC1CCCCN1CC(C)C(O)c1ccc(F)cn1. The van der Waals surface area contributed by atoms with Gasteiger partial charge in [-0.1, -0.05) is 20.3 Å². The summed E-state index contributed by atoms with van der Waals surface area (Å²) in [6.45, 7) is 6.26. The van der Waals surface area contributed by atoms with E-state index in [0.717, 1.165) is 19.5 Å². The van der Waals surface area contributed by atoms with E-state index in [0.29, 0.717) is 11.7 Å². The van der Waals surface area contributed by atoms with Crippen molar-refractivity contribution in [2.45, 2.75) is 51.7 Å². The summed E-state index contributed by atoms with van der Waals surface area (Å²) in [5.74, 6) is -0.268. The van der Waals surface area contributed by atoms with Crippen LogP contribution in [0.1, 0.15) is 51.3 Å². The Morgan fingerprint density at radius 3 is 2.90 bits per heavy atom. The lowest BCUT2D eigenvalue weighted by molar-refractivity contribution is 0.0566. The lowest BCUT2D eigenvalue weighted by atomic mass is 9.95. The molecule has 1 N–H and O–H groups in total. The molecule has 1 aliphatic heterocycles. The molecular weight excluding hydrogens is 255 g/mol. The highest BCUT2D eigenvalue weighted by Crippen LogP contribution is 2.25. The van der Waals surface area contributed by atoms with Crippen LogP contribution >= 0.6 is 0 Å². The first-order valence-electron chi connectivity index (χ1n) is 7.65. The van der Waals surface area contributed by atoms with Crippen molar-refractivity contribution in [3.05, 3.63) is 29.8 Å². The highest BCUT2D eigenvalue weighted by Gasteiger charge is 2.26. The fourth-order valence-electron chi connectivity index (χ4n) is 3.09. The Labute approximate surface area is 120 Å². The monoisotopic (exact) mass is 280 g/mol. The van der Waals surface area contributed by atoms with Crippen LogP contribution < -0.4 is 0 Å². The Balaban J connectivity index is 1.96. The van der Waals surface area contributed by atoms with Crippen molar-refractivity contribution in [3.8, 4) is 0 Å². The van der Waals surface area contributed by atoms with Gasteiger partial charge in [-0.15, -0.1) is 0 Å². The number of rotatable bonds is 5. The van der Waals surface area contributed by atoms with Gasteiger partial charge in [0.05, 0.1) is 18.0 Å². The Morgan fingerprint density at radius 2 is 2.25 bits per heavy atom. The molecule has 1 aromatic heterocycles. The first-order valence-corrected chi connectivity index (χ1v) is 7.65. The molecule has 3 nitrogen and oxygen atoms in total. The van der Waals surface area contributed by atoms with Gasteiger partial charge in [-0.3, -0.25) is 4.98 Å². The summed E-state index contributed by atoms with van der Waals surface area (Å²) < 4.78 is 12.9. The van der Waals surface area contributed by atoms with E-state index < -0.39 is 6.10 Å². The molecule has 1 aromatic rings. The van der Waals surface area contributed by atoms with E-state index in [-0.39, 0.29) is 11.7 Å². The number of likely N-dealkylation sites (tertiary alicyclic amines) is 1. The smallest absolute Gasteiger partial charge is 0.141 e. The summed E-state index contributed by atoms with van der Waals surface area (Å²) in [5, 5.41) is 10.4. The van der Waals surface area contributed by atoms with Crippen molar-refractivity contribution in [2.75, 3.05) is 13.1 Å². The maximum atomic E-state index is 12.9. The van der Waals surface area contributed by atoms with Gasteiger partial charge in [-0.05, 0) is 37.9 Å². The molecule has 1 aliphatic rings. The third-order valence-corrected chi connectivity index (χ3v) is 4.34. The summed E-state index contributed by atoms with van der Waals surface area (Å²) >= 11 is 0. The van der Waals surface area contributed by atoms with Crippen molar-refractivity contribution < 1.29 is 9.50 Å². The summed E-state index contributed by atoms with van der Waals surface area (Å²) in [5.41, 5.74) is 0.559. The first kappa shape index (κ1) is 15.4. The molecule has 2 heterocycles. The number of aliphatic hydroxyl groups excluding tert-OH is 1. The second-order valence-corrected chi connectivity index (χ2v) is 5.88. The number of hydrogen-bond acceptors (Lipinski definition) is 3. The molecule has 0 spiro atoms. The summed E-state index contributed by atoms with van der Waals surface area (Å²) in [4.78, 5) is 6.48. The van der Waals surface area contributed by atoms with E-state index in [4.69, 9.17) is 0 Å². The molecule has 0 aromatic carbocycles. The quantitative estimate of drug-likeness (QED) is 0.900. The van der Waals surface area contributed by atoms with Crippen molar-refractivity contribution in [2.24, 2.45) is 5.92 Å². The molecule has 4 heteroatoms. The van der Waals surface area contributed by atoms with E-state index in [1.54, 1.807) is 6.07 Å². The predicted octanol–water partition coefficient (Wildman–Crippen LogP) is 3.15. The second kappa shape index (κ2) is 7.14. The molecule has 0 saturated carbocycles. The summed E-state index contributed by atoms with van der Waals surface area (Å²) in [7, 11) is 0. The zero-order chi connectivity index (χ0) is 14.5. The van der Waals surface area contributed by atoms with Gasteiger partial charge in [0.1, 0.15) is 5.82 Å². The minimum Gasteiger partial charge on any atom is -0.386 e. The van der Waals surface area contributed by atoms with E-state index in [1.165, 1.54) is 31.5 Å². The van der Waals surface area contributed by atoms with Crippen LogP contribution in [-0.4, -0.2) is 34.1 Å². The number of piperidine rings is 1. The Kier molecular flexibility index (Phi) is 5.49. The number of nitrogens with zero attached hydrogens (tertiary/aromatic N) is 2. The second-order valence-electron chi connectivity index (χ2n) is 5.88. The number of aliphatic hydroxyl groups is 1. The van der Waals surface area contributed by atoms with E-state index in [9.17, 15) is 9.50 Å². The molecule has 0 aliphatic carbocycles. The van der Waals surface area contributed by atoms with Crippen LogP contribution in [0.15, 0.2) is 18.3 Å². The highest BCUT2D eigenvalue weighted by molar-refractivity contribution is 5.09. The van der Waals surface area contributed by atoms with Gasteiger partial charge in [0.15, 0.2) is 0 Å². The molecule has 3 atom stereocenters. The van der Waals surface area contributed by atoms with Crippen LogP contribution in [0.25, 0.3) is 0 Å². The number of aromatic nitrogens is 1. The highest BCUT2D eigenvalue weighted by atomic mass is 19.1. The molecule has 112 valence electrons. The predicted molar refractivity (Wildman–Crippen MR) is 77.8 cm³/mol. The van der Waals surface area contributed by atoms with E-state index in [1.807, 2.05) is 6.92 Å².